The maximum Gasteiger partial charge on any atom is 0.338 e. The molecule has 0 spiro atoms. The lowest BCUT2D eigenvalue weighted by Gasteiger charge is -1.94. The summed E-state index contributed by atoms with van der Waals surface area (Å²) < 4.78 is 17.7. The molecule has 2 aromatic rings. The first-order chi connectivity index (χ1) is 6.58. The molecule has 0 bridgehead atoms. The minimum atomic E-state index is -1.28. The van der Waals surface area contributed by atoms with Crippen LogP contribution >= 0.6 is 0 Å². The van der Waals surface area contributed by atoms with Crippen LogP contribution in [-0.2, 0) is 0 Å². The summed E-state index contributed by atoms with van der Waals surface area (Å²) >= 11 is 0. The third-order valence-electron chi connectivity index (χ3n) is 1.71. The Bertz CT molecular complexity index is 521. The van der Waals surface area contributed by atoms with Gasteiger partial charge in [0.2, 0.25) is 0 Å². The highest BCUT2D eigenvalue weighted by atomic mass is 19.1. The molecular formula is C8H5FN2O3. The topological polar surface area (TPSA) is 89.3 Å². The van der Waals surface area contributed by atoms with E-state index in [9.17, 15) is 9.18 Å². The molecule has 0 saturated heterocycles. The van der Waals surface area contributed by atoms with E-state index in [-0.39, 0.29) is 22.7 Å². The largest absolute Gasteiger partial charge is 0.478 e. The fraction of sp³-hybridized carbons (Fsp3) is 0. The van der Waals surface area contributed by atoms with Crippen molar-refractivity contribution < 1.29 is 18.7 Å². The third-order valence-corrected chi connectivity index (χ3v) is 1.71. The van der Waals surface area contributed by atoms with Crippen molar-refractivity contribution in [2.45, 2.75) is 0 Å². The molecule has 6 heteroatoms. The number of oxazole rings is 1. The van der Waals surface area contributed by atoms with Crippen molar-refractivity contribution in [3.05, 3.63) is 23.5 Å². The number of nitrogens with zero attached hydrogens (tertiary/aromatic N) is 1. The van der Waals surface area contributed by atoms with Crippen LogP contribution in [0.4, 0.5) is 10.4 Å². The van der Waals surface area contributed by atoms with Crippen molar-refractivity contribution in [2.24, 2.45) is 0 Å². The molecule has 0 aliphatic heterocycles. The van der Waals surface area contributed by atoms with Gasteiger partial charge in [-0.3, -0.25) is 0 Å². The number of nitrogens with two attached hydrogens (primary N) is 1. The number of carbonyl (C=O) groups is 1. The molecule has 1 aromatic heterocycles. The average Bonchev–Trinajstić information content (AvgIpc) is 2.42. The molecule has 0 saturated carbocycles. The number of hydrogen-bond acceptors (Lipinski definition) is 4. The molecule has 0 aliphatic carbocycles. The average molecular weight is 196 g/mol. The van der Waals surface area contributed by atoms with Crippen LogP contribution in [0.15, 0.2) is 16.5 Å². The van der Waals surface area contributed by atoms with Crippen LogP contribution in [-0.4, -0.2) is 16.1 Å². The van der Waals surface area contributed by atoms with E-state index in [2.05, 4.69) is 4.98 Å². The molecule has 0 radical (unpaired) electrons. The maximum absolute atomic E-state index is 12.9. The van der Waals surface area contributed by atoms with Crippen LogP contribution in [0.1, 0.15) is 10.4 Å². The van der Waals surface area contributed by atoms with Crippen LogP contribution in [0.3, 0.4) is 0 Å². The Morgan fingerprint density at radius 2 is 2.29 bits per heavy atom. The van der Waals surface area contributed by atoms with Gasteiger partial charge in [-0.15, -0.1) is 0 Å². The zero-order valence-electron chi connectivity index (χ0n) is 6.82. The monoisotopic (exact) mass is 196 g/mol. The Labute approximate surface area is 77.0 Å². The van der Waals surface area contributed by atoms with Crippen molar-refractivity contribution in [3.63, 3.8) is 0 Å². The lowest BCUT2D eigenvalue weighted by molar-refractivity contribution is 0.0698. The standard InChI is InChI=1S/C8H5FN2O3/c9-3-1-4(7(12)13)6-5(2-3)14-8(10)11-6/h1-2H,(H2,10,11)(H,12,13). The number of aromatic carboxylic acids is 1. The Kier molecular flexibility index (Phi) is 1.63. The van der Waals surface area contributed by atoms with E-state index < -0.39 is 11.8 Å². The van der Waals surface area contributed by atoms with Crippen LogP contribution in [0.5, 0.6) is 0 Å². The summed E-state index contributed by atoms with van der Waals surface area (Å²) in [5.74, 6) is -1.98. The van der Waals surface area contributed by atoms with Gasteiger partial charge >= 0.3 is 5.97 Å². The van der Waals surface area contributed by atoms with Crippen LogP contribution in [0.2, 0.25) is 0 Å². The number of carboxylic acids is 1. The number of halogens is 1. The van der Waals surface area contributed by atoms with Gasteiger partial charge in [-0.2, -0.15) is 4.98 Å². The summed E-state index contributed by atoms with van der Waals surface area (Å²) in [6.07, 6.45) is 0. The normalized spacial score (nSPS) is 10.6. The van der Waals surface area contributed by atoms with Crippen LogP contribution in [0, 0.1) is 5.82 Å². The van der Waals surface area contributed by atoms with Crippen molar-refractivity contribution in [1.29, 1.82) is 0 Å². The molecule has 1 aromatic carbocycles. The number of fused-ring (bicyclic) bond motifs is 1. The van der Waals surface area contributed by atoms with E-state index in [4.69, 9.17) is 15.3 Å². The van der Waals surface area contributed by atoms with E-state index in [1.807, 2.05) is 0 Å². The van der Waals surface area contributed by atoms with Gasteiger partial charge < -0.3 is 15.3 Å². The second-order valence-electron chi connectivity index (χ2n) is 2.66. The quantitative estimate of drug-likeness (QED) is 0.716. The highest BCUT2D eigenvalue weighted by molar-refractivity contribution is 6.00. The lowest BCUT2D eigenvalue weighted by Crippen LogP contribution is -1.98. The summed E-state index contributed by atoms with van der Waals surface area (Å²) in [7, 11) is 0. The fourth-order valence-corrected chi connectivity index (χ4v) is 1.18. The van der Waals surface area contributed by atoms with E-state index in [0.29, 0.717) is 0 Å². The zero-order valence-corrected chi connectivity index (χ0v) is 6.82. The fourth-order valence-electron chi connectivity index (χ4n) is 1.18. The minimum absolute atomic E-state index is 0.0277. The van der Waals surface area contributed by atoms with Crippen molar-refractivity contribution >= 4 is 23.1 Å². The van der Waals surface area contributed by atoms with Gasteiger partial charge in [-0.25, -0.2) is 9.18 Å². The SMILES string of the molecule is Nc1nc2c(C(=O)O)cc(F)cc2o1. The molecule has 0 aliphatic rings. The second-order valence-corrected chi connectivity index (χ2v) is 2.66. The number of aromatic nitrogens is 1. The van der Waals surface area contributed by atoms with Gasteiger partial charge in [0, 0.05) is 6.07 Å². The number of anilines is 1. The molecular weight excluding hydrogens is 191 g/mol. The molecule has 0 atom stereocenters. The Hall–Kier alpha value is -2.11. The van der Waals surface area contributed by atoms with E-state index >= 15 is 0 Å². The first-order valence-corrected chi connectivity index (χ1v) is 3.67. The van der Waals surface area contributed by atoms with Gasteiger partial charge in [-0.1, -0.05) is 0 Å². The molecule has 3 N–H and O–H groups in total. The molecule has 1 heterocycles. The van der Waals surface area contributed by atoms with Crippen molar-refractivity contribution in [2.75, 3.05) is 5.73 Å². The Morgan fingerprint density at radius 3 is 2.93 bits per heavy atom. The lowest BCUT2D eigenvalue weighted by atomic mass is 10.2. The Morgan fingerprint density at radius 1 is 1.57 bits per heavy atom. The van der Waals surface area contributed by atoms with Gasteiger partial charge in [-0.05, 0) is 6.07 Å². The molecule has 5 nitrogen and oxygen atoms in total. The van der Waals surface area contributed by atoms with Gasteiger partial charge in [0.15, 0.2) is 5.58 Å². The molecule has 14 heavy (non-hydrogen) atoms. The summed E-state index contributed by atoms with van der Waals surface area (Å²) in [5.41, 5.74) is 5.03. The highest BCUT2D eigenvalue weighted by Gasteiger charge is 2.15. The zero-order chi connectivity index (χ0) is 10.3. The van der Waals surface area contributed by atoms with Crippen LogP contribution < -0.4 is 5.73 Å². The van der Waals surface area contributed by atoms with Gasteiger partial charge in [0.05, 0.1) is 5.56 Å². The van der Waals surface area contributed by atoms with Gasteiger partial charge in [0.1, 0.15) is 11.3 Å². The van der Waals surface area contributed by atoms with Crippen molar-refractivity contribution in [1.82, 2.24) is 4.98 Å². The summed E-state index contributed by atoms with van der Waals surface area (Å²) in [5, 5.41) is 8.73. The third kappa shape index (κ3) is 1.17. The first-order valence-electron chi connectivity index (χ1n) is 3.67. The van der Waals surface area contributed by atoms with E-state index in [1.54, 1.807) is 0 Å². The van der Waals surface area contributed by atoms with Crippen LogP contribution in [0.25, 0.3) is 11.1 Å². The molecule has 0 unspecified atom stereocenters. The minimum Gasteiger partial charge on any atom is -0.478 e. The summed E-state index contributed by atoms with van der Waals surface area (Å²) in [6, 6.07) is 1.71. The number of rotatable bonds is 1. The van der Waals surface area contributed by atoms with E-state index in [1.165, 1.54) is 0 Å². The number of hydrogen-bond donors (Lipinski definition) is 2. The van der Waals surface area contributed by atoms with E-state index in [0.717, 1.165) is 12.1 Å². The van der Waals surface area contributed by atoms with Crippen molar-refractivity contribution in [3.8, 4) is 0 Å². The smallest absolute Gasteiger partial charge is 0.338 e. The predicted octanol–water partition coefficient (Wildman–Crippen LogP) is 1.25. The molecule has 72 valence electrons. The Balaban J connectivity index is 2.85. The predicted molar refractivity (Wildman–Crippen MR) is 45.3 cm³/mol. The number of nitrogen functional groups attached to an aromatic ring is 1. The highest BCUT2D eigenvalue weighted by Crippen LogP contribution is 2.22. The van der Waals surface area contributed by atoms with Gasteiger partial charge in [0.25, 0.3) is 6.01 Å². The molecule has 0 amide bonds. The maximum atomic E-state index is 12.9. The summed E-state index contributed by atoms with van der Waals surface area (Å²) in [4.78, 5) is 14.3. The molecule has 2 rings (SSSR count). The second kappa shape index (κ2) is 2.69. The number of benzene rings is 1. The first kappa shape index (κ1) is 8.49. The summed E-state index contributed by atoms with van der Waals surface area (Å²) in [6.45, 7) is 0. The number of carboxylic acid groups (broad SMARTS) is 1. The molecule has 0 fully saturated rings.